The number of hydrogen-bond donors (Lipinski definition) is 3. The Kier molecular flexibility index (Phi) is 3.99. The molecular weight excluding hydrogens is 276 g/mol. The molecule has 1 aromatic heterocycles. The number of nitrogens with one attached hydrogen (secondary N) is 2. The maximum Gasteiger partial charge on any atom is 0.263 e. The van der Waals surface area contributed by atoms with Gasteiger partial charge >= 0.3 is 0 Å². The molecule has 0 unspecified atom stereocenters. The van der Waals surface area contributed by atoms with Crippen LogP contribution < -0.4 is 10.5 Å². The average molecular weight is 294 g/mol. The van der Waals surface area contributed by atoms with Crippen molar-refractivity contribution < 1.29 is 8.42 Å². The monoisotopic (exact) mass is 294 g/mol. The highest BCUT2D eigenvalue weighted by atomic mass is 32.2. The number of hydrogen-bond acceptors (Lipinski definition) is 4. The van der Waals surface area contributed by atoms with Gasteiger partial charge in [0.25, 0.3) is 10.0 Å². The van der Waals surface area contributed by atoms with Gasteiger partial charge < -0.3 is 5.73 Å². The smallest absolute Gasteiger partial charge is 0.263 e. The Morgan fingerprint density at radius 2 is 2.00 bits per heavy atom. The van der Waals surface area contributed by atoms with E-state index in [1.54, 1.807) is 18.2 Å². The molecule has 4 N–H and O–H groups in total. The molecule has 0 aliphatic rings. The van der Waals surface area contributed by atoms with E-state index in [4.69, 9.17) is 5.73 Å². The predicted octanol–water partition coefficient (Wildman–Crippen LogP) is 1.92. The highest BCUT2D eigenvalue weighted by molar-refractivity contribution is 7.92. The van der Waals surface area contributed by atoms with Crippen LogP contribution in [0.1, 0.15) is 25.1 Å². The second kappa shape index (κ2) is 5.54. The third kappa shape index (κ3) is 2.93. The molecule has 2 rings (SSSR count). The lowest BCUT2D eigenvalue weighted by atomic mass is 10.1. The minimum Gasteiger partial charge on any atom is -0.399 e. The molecule has 0 bridgehead atoms. The van der Waals surface area contributed by atoms with Crippen molar-refractivity contribution in [2.75, 3.05) is 10.5 Å². The van der Waals surface area contributed by atoms with Crippen LogP contribution in [0.5, 0.6) is 0 Å². The van der Waals surface area contributed by atoms with Crippen molar-refractivity contribution in [3.63, 3.8) is 0 Å². The molecule has 108 valence electrons. The highest BCUT2D eigenvalue weighted by Gasteiger charge is 2.19. The summed E-state index contributed by atoms with van der Waals surface area (Å²) in [4.78, 5) is 0.195. The molecule has 6 nitrogen and oxygen atoms in total. The van der Waals surface area contributed by atoms with Gasteiger partial charge in [-0.05, 0) is 30.5 Å². The van der Waals surface area contributed by atoms with Crippen molar-refractivity contribution in [1.29, 1.82) is 0 Å². The van der Waals surface area contributed by atoms with Gasteiger partial charge in [-0.1, -0.05) is 19.9 Å². The van der Waals surface area contributed by atoms with Crippen LogP contribution in [0.2, 0.25) is 0 Å². The number of H-pyrrole nitrogens is 1. The summed E-state index contributed by atoms with van der Waals surface area (Å²) >= 11 is 0. The number of aromatic nitrogens is 2. The van der Waals surface area contributed by atoms with Crippen molar-refractivity contribution in [3.8, 4) is 0 Å². The second-order valence-electron chi connectivity index (χ2n) is 4.46. The van der Waals surface area contributed by atoms with Gasteiger partial charge in [-0.2, -0.15) is 5.10 Å². The molecule has 1 heterocycles. The van der Waals surface area contributed by atoms with Gasteiger partial charge in [-0.3, -0.25) is 9.82 Å². The van der Waals surface area contributed by atoms with Crippen molar-refractivity contribution >= 4 is 21.5 Å². The molecule has 0 saturated heterocycles. The van der Waals surface area contributed by atoms with E-state index >= 15 is 0 Å². The standard InChI is InChI=1S/C13H18N4O2S/c1-3-9-5-6-10(14)7-12(9)20(18,19)17-13-8-11(4-2)15-16-13/h5-8H,3-4,14H2,1-2H3,(H2,15,16,17). The minimum absolute atomic E-state index is 0.195. The summed E-state index contributed by atoms with van der Waals surface area (Å²) < 4.78 is 27.3. The highest BCUT2D eigenvalue weighted by Crippen LogP contribution is 2.22. The summed E-state index contributed by atoms with van der Waals surface area (Å²) in [5, 5.41) is 6.70. The van der Waals surface area contributed by atoms with Crippen LogP contribution >= 0.6 is 0 Å². The van der Waals surface area contributed by atoms with Gasteiger partial charge in [-0.15, -0.1) is 0 Å². The number of aryl methyl sites for hydroxylation is 2. The van der Waals surface area contributed by atoms with E-state index in [1.807, 2.05) is 13.8 Å². The van der Waals surface area contributed by atoms with E-state index < -0.39 is 10.0 Å². The van der Waals surface area contributed by atoms with Crippen LogP contribution in [0.15, 0.2) is 29.2 Å². The van der Waals surface area contributed by atoms with Gasteiger partial charge in [0.2, 0.25) is 0 Å². The van der Waals surface area contributed by atoms with E-state index in [-0.39, 0.29) is 10.7 Å². The molecule has 0 aliphatic carbocycles. The molecule has 2 aromatic rings. The third-order valence-corrected chi connectivity index (χ3v) is 4.45. The SMILES string of the molecule is CCc1cc(NS(=O)(=O)c2cc(N)ccc2CC)n[nH]1. The maximum atomic E-state index is 12.4. The summed E-state index contributed by atoms with van der Waals surface area (Å²) in [5.41, 5.74) is 7.69. The lowest BCUT2D eigenvalue weighted by Crippen LogP contribution is -2.15. The number of anilines is 2. The zero-order valence-electron chi connectivity index (χ0n) is 11.5. The Morgan fingerprint density at radius 1 is 1.25 bits per heavy atom. The fourth-order valence-corrected chi connectivity index (χ4v) is 3.24. The van der Waals surface area contributed by atoms with Crippen LogP contribution in [0.4, 0.5) is 11.5 Å². The molecule has 7 heteroatoms. The normalized spacial score (nSPS) is 11.5. The first-order chi connectivity index (χ1) is 9.46. The fourth-order valence-electron chi connectivity index (χ4n) is 1.90. The number of sulfonamides is 1. The number of nitrogens with two attached hydrogens (primary N) is 1. The molecule has 0 amide bonds. The van der Waals surface area contributed by atoms with E-state index in [1.165, 1.54) is 6.07 Å². The van der Waals surface area contributed by atoms with Crippen LogP contribution in [0, 0.1) is 0 Å². The van der Waals surface area contributed by atoms with Crippen LogP contribution in [0.25, 0.3) is 0 Å². The number of nitrogens with zero attached hydrogens (tertiary/aromatic N) is 1. The lowest BCUT2D eigenvalue weighted by molar-refractivity contribution is 0.600. The molecule has 1 aromatic carbocycles. The number of nitrogen functional groups attached to an aromatic ring is 1. The van der Waals surface area contributed by atoms with Crippen molar-refractivity contribution in [1.82, 2.24) is 10.2 Å². The van der Waals surface area contributed by atoms with Gasteiger partial charge in [0.1, 0.15) is 0 Å². The first-order valence-electron chi connectivity index (χ1n) is 6.41. The summed E-state index contributed by atoms with van der Waals surface area (Å²) in [7, 11) is -3.69. The third-order valence-electron chi connectivity index (χ3n) is 3.01. The average Bonchev–Trinajstić information content (AvgIpc) is 2.85. The predicted molar refractivity (Wildman–Crippen MR) is 79.0 cm³/mol. The molecule has 0 radical (unpaired) electrons. The second-order valence-corrected chi connectivity index (χ2v) is 6.11. The minimum atomic E-state index is -3.69. The number of benzene rings is 1. The summed E-state index contributed by atoms with van der Waals surface area (Å²) in [6, 6.07) is 6.57. The molecule has 0 atom stereocenters. The van der Waals surface area contributed by atoms with E-state index in [9.17, 15) is 8.42 Å². The van der Waals surface area contributed by atoms with Crippen molar-refractivity contribution in [3.05, 3.63) is 35.5 Å². The largest absolute Gasteiger partial charge is 0.399 e. The molecule has 0 spiro atoms. The van der Waals surface area contributed by atoms with Crippen LogP contribution in [-0.4, -0.2) is 18.6 Å². The maximum absolute atomic E-state index is 12.4. The molecule has 0 fully saturated rings. The number of rotatable bonds is 5. The van der Waals surface area contributed by atoms with Crippen molar-refractivity contribution in [2.24, 2.45) is 0 Å². The first kappa shape index (κ1) is 14.4. The molecule has 20 heavy (non-hydrogen) atoms. The zero-order chi connectivity index (χ0) is 14.8. The summed E-state index contributed by atoms with van der Waals surface area (Å²) in [6.45, 7) is 3.85. The number of aromatic amines is 1. The first-order valence-corrected chi connectivity index (χ1v) is 7.90. The lowest BCUT2D eigenvalue weighted by Gasteiger charge is -2.10. The Balaban J connectivity index is 2.37. The summed E-state index contributed by atoms with van der Waals surface area (Å²) in [6.07, 6.45) is 1.37. The molecular formula is C13H18N4O2S. The quantitative estimate of drug-likeness (QED) is 0.733. The van der Waals surface area contributed by atoms with Gasteiger partial charge in [-0.25, -0.2) is 8.42 Å². The van der Waals surface area contributed by atoms with Crippen LogP contribution in [-0.2, 0) is 22.9 Å². The molecule has 0 saturated carbocycles. The van der Waals surface area contributed by atoms with Crippen LogP contribution in [0.3, 0.4) is 0 Å². The topological polar surface area (TPSA) is 101 Å². The fraction of sp³-hybridized carbons (Fsp3) is 0.308. The Labute approximate surface area is 118 Å². The van der Waals surface area contributed by atoms with Gasteiger partial charge in [0.05, 0.1) is 4.90 Å². The van der Waals surface area contributed by atoms with E-state index in [0.29, 0.717) is 12.1 Å². The van der Waals surface area contributed by atoms with Crippen molar-refractivity contribution in [2.45, 2.75) is 31.6 Å². The van der Waals surface area contributed by atoms with Gasteiger partial charge in [0.15, 0.2) is 5.82 Å². The Bertz CT molecular complexity index is 707. The van der Waals surface area contributed by atoms with Gasteiger partial charge in [0, 0.05) is 17.4 Å². The molecule has 0 aliphatic heterocycles. The Hall–Kier alpha value is -2.02. The van der Waals surface area contributed by atoms with E-state index in [2.05, 4.69) is 14.9 Å². The summed E-state index contributed by atoms with van der Waals surface area (Å²) in [5.74, 6) is 0.284. The zero-order valence-corrected chi connectivity index (χ0v) is 12.3. The Morgan fingerprint density at radius 3 is 2.60 bits per heavy atom. The van der Waals surface area contributed by atoms with E-state index in [0.717, 1.165) is 17.7 Å².